The summed E-state index contributed by atoms with van der Waals surface area (Å²) in [7, 11) is 0. The highest BCUT2D eigenvalue weighted by Crippen LogP contribution is 2.35. The van der Waals surface area contributed by atoms with Gasteiger partial charge in [0.1, 0.15) is 0 Å². The first kappa shape index (κ1) is 7.80. The van der Waals surface area contributed by atoms with Gasteiger partial charge in [0.25, 0.3) is 0 Å². The summed E-state index contributed by atoms with van der Waals surface area (Å²) in [6, 6.07) is 0. The van der Waals surface area contributed by atoms with E-state index in [0.717, 1.165) is 6.42 Å². The van der Waals surface area contributed by atoms with Gasteiger partial charge in [0.15, 0.2) is 0 Å². The molecule has 0 radical (unpaired) electrons. The van der Waals surface area contributed by atoms with Crippen molar-refractivity contribution < 1.29 is 5.11 Å². The van der Waals surface area contributed by atoms with Gasteiger partial charge in [-0.2, -0.15) is 0 Å². The van der Waals surface area contributed by atoms with E-state index in [4.69, 9.17) is 0 Å². The van der Waals surface area contributed by atoms with Gasteiger partial charge in [0.2, 0.25) is 0 Å². The summed E-state index contributed by atoms with van der Waals surface area (Å²) in [4.78, 5) is 0. The van der Waals surface area contributed by atoms with Gasteiger partial charge < -0.3 is 5.11 Å². The van der Waals surface area contributed by atoms with E-state index in [1.54, 1.807) is 0 Å². The fourth-order valence-corrected chi connectivity index (χ4v) is 1.36. The van der Waals surface area contributed by atoms with E-state index in [1.807, 2.05) is 0 Å². The monoisotopic (exact) mass is 140 g/mol. The minimum absolute atomic E-state index is 0.139. The molecule has 58 valence electrons. The molecular formula is C9H16O. The predicted molar refractivity (Wildman–Crippen MR) is 42.7 cm³/mol. The molecule has 2 atom stereocenters. The number of hydrogen-bond acceptors (Lipinski definition) is 1. The van der Waals surface area contributed by atoms with Crippen molar-refractivity contribution in [3.05, 3.63) is 12.2 Å². The topological polar surface area (TPSA) is 20.2 Å². The molecule has 0 aromatic heterocycles. The molecule has 1 N–H and O–H groups in total. The third-order valence-corrected chi connectivity index (χ3v) is 2.68. The van der Waals surface area contributed by atoms with Gasteiger partial charge >= 0.3 is 0 Å². The van der Waals surface area contributed by atoms with E-state index in [0.29, 0.717) is 5.92 Å². The number of allylic oxidation sites excluding steroid dienone is 1. The van der Waals surface area contributed by atoms with Gasteiger partial charge in [-0.3, -0.25) is 0 Å². The van der Waals surface area contributed by atoms with Gasteiger partial charge in [-0.15, -0.1) is 0 Å². The summed E-state index contributed by atoms with van der Waals surface area (Å²) in [6.07, 6.45) is 4.96. The summed E-state index contributed by atoms with van der Waals surface area (Å²) < 4.78 is 0. The highest BCUT2D eigenvalue weighted by atomic mass is 16.3. The SMILES string of the molecule is CC1C(O)CC=CC1(C)C. The molecule has 0 saturated heterocycles. The Balaban J connectivity index is 2.77. The predicted octanol–water partition coefficient (Wildman–Crippen LogP) is 1.97. The first-order valence-electron chi connectivity index (χ1n) is 3.90. The van der Waals surface area contributed by atoms with Crippen molar-refractivity contribution in [2.24, 2.45) is 11.3 Å². The molecule has 0 saturated carbocycles. The van der Waals surface area contributed by atoms with Crippen molar-refractivity contribution in [2.45, 2.75) is 33.3 Å². The van der Waals surface area contributed by atoms with Crippen LogP contribution in [0.5, 0.6) is 0 Å². The molecule has 0 aromatic carbocycles. The average Bonchev–Trinajstić information content (AvgIpc) is 1.83. The zero-order valence-corrected chi connectivity index (χ0v) is 6.96. The maximum absolute atomic E-state index is 9.46. The van der Waals surface area contributed by atoms with Gasteiger partial charge in [-0.25, -0.2) is 0 Å². The van der Waals surface area contributed by atoms with Crippen LogP contribution in [0.25, 0.3) is 0 Å². The van der Waals surface area contributed by atoms with Crippen molar-refractivity contribution in [1.29, 1.82) is 0 Å². The molecule has 0 bridgehead atoms. The molecule has 0 amide bonds. The molecule has 10 heavy (non-hydrogen) atoms. The molecule has 1 heteroatoms. The quantitative estimate of drug-likeness (QED) is 0.510. The van der Waals surface area contributed by atoms with Crippen LogP contribution in [0, 0.1) is 11.3 Å². The van der Waals surface area contributed by atoms with Crippen LogP contribution in [0.4, 0.5) is 0 Å². The lowest BCUT2D eigenvalue weighted by Gasteiger charge is -2.35. The van der Waals surface area contributed by atoms with Crippen LogP contribution in [0.15, 0.2) is 12.2 Å². The summed E-state index contributed by atoms with van der Waals surface area (Å²) in [5, 5.41) is 9.46. The van der Waals surface area contributed by atoms with Gasteiger partial charge in [0, 0.05) is 0 Å². The molecule has 1 aliphatic rings. The number of aliphatic hydroxyl groups excluding tert-OH is 1. The van der Waals surface area contributed by atoms with Crippen LogP contribution >= 0.6 is 0 Å². The molecule has 1 rings (SSSR count). The molecule has 0 heterocycles. The van der Waals surface area contributed by atoms with Crippen LogP contribution in [0.3, 0.4) is 0 Å². The Bertz CT molecular complexity index is 147. The summed E-state index contributed by atoms with van der Waals surface area (Å²) in [6.45, 7) is 6.43. The Kier molecular flexibility index (Phi) is 1.86. The zero-order valence-electron chi connectivity index (χ0n) is 6.96. The van der Waals surface area contributed by atoms with Crippen LogP contribution in [0.1, 0.15) is 27.2 Å². The largest absolute Gasteiger partial charge is 0.392 e. The smallest absolute Gasteiger partial charge is 0.0608 e. The molecule has 0 fully saturated rings. The molecule has 0 spiro atoms. The second kappa shape index (κ2) is 2.39. The minimum Gasteiger partial charge on any atom is -0.392 e. The first-order valence-corrected chi connectivity index (χ1v) is 3.90. The van der Waals surface area contributed by atoms with Crippen LogP contribution < -0.4 is 0 Å². The molecule has 0 aromatic rings. The zero-order chi connectivity index (χ0) is 7.78. The standard InChI is InChI=1S/C9H16O/c1-7-8(10)5-4-6-9(7,2)3/h4,6-8,10H,5H2,1-3H3. The summed E-state index contributed by atoms with van der Waals surface area (Å²) in [5.74, 6) is 0.387. The van der Waals surface area contributed by atoms with Gasteiger partial charge in [-0.05, 0) is 17.8 Å². The Morgan fingerprint density at radius 1 is 1.50 bits per heavy atom. The van der Waals surface area contributed by atoms with E-state index < -0.39 is 0 Å². The maximum atomic E-state index is 9.46. The van der Waals surface area contributed by atoms with E-state index >= 15 is 0 Å². The molecule has 1 aliphatic carbocycles. The highest BCUT2D eigenvalue weighted by Gasteiger charge is 2.30. The normalized spacial score (nSPS) is 38.0. The van der Waals surface area contributed by atoms with Crippen molar-refractivity contribution >= 4 is 0 Å². The third-order valence-electron chi connectivity index (χ3n) is 2.68. The molecule has 1 nitrogen and oxygen atoms in total. The Hall–Kier alpha value is -0.300. The van der Waals surface area contributed by atoms with Crippen LogP contribution in [0.2, 0.25) is 0 Å². The van der Waals surface area contributed by atoms with Gasteiger partial charge in [-0.1, -0.05) is 32.9 Å². The minimum atomic E-state index is -0.139. The van der Waals surface area contributed by atoms with Crippen LogP contribution in [-0.2, 0) is 0 Å². The van der Waals surface area contributed by atoms with Crippen molar-refractivity contribution in [3.63, 3.8) is 0 Å². The molecule has 2 unspecified atom stereocenters. The Morgan fingerprint density at radius 2 is 2.10 bits per heavy atom. The van der Waals surface area contributed by atoms with E-state index in [-0.39, 0.29) is 11.5 Å². The third kappa shape index (κ3) is 1.24. The lowest BCUT2D eigenvalue weighted by atomic mass is 9.73. The van der Waals surface area contributed by atoms with Gasteiger partial charge in [0.05, 0.1) is 6.10 Å². The van der Waals surface area contributed by atoms with Crippen LogP contribution in [-0.4, -0.2) is 11.2 Å². The number of aliphatic hydroxyl groups is 1. The lowest BCUT2D eigenvalue weighted by molar-refractivity contribution is 0.0600. The fourth-order valence-electron chi connectivity index (χ4n) is 1.36. The summed E-state index contributed by atoms with van der Waals surface area (Å²) >= 11 is 0. The Morgan fingerprint density at radius 3 is 2.50 bits per heavy atom. The van der Waals surface area contributed by atoms with E-state index in [2.05, 4.69) is 32.9 Å². The molecule has 0 aliphatic heterocycles. The second-order valence-electron chi connectivity index (χ2n) is 3.82. The van der Waals surface area contributed by atoms with E-state index in [1.165, 1.54) is 0 Å². The van der Waals surface area contributed by atoms with Crippen molar-refractivity contribution in [2.75, 3.05) is 0 Å². The first-order chi connectivity index (χ1) is 4.54. The average molecular weight is 140 g/mol. The maximum Gasteiger partial charge on any atom is 0.0608 e. The van der Waals surface area contributed by atoms with Crippen molar-refractivity contribution in [1.82, 2.24) is 0 Å². The van der Waals surface area contributed by atoms with Crippen molar-refractivity contribution in [3.8, 4) is 0 Å². The highest BCUT2D eigenvalue weighted by molar-refractivity contribution is 5.04. The lowest BCUT2D eigenvalue weighted by Crippen LogP contribution is -2.32. The number of rotatable bonds is 0. The molecular weight excluding hydrogens is 124 g/mol. The fraction of sp³-hybridized carbons (Fsp3) is 0.778. The van der Waals surface area contributed by atoms with E-state index in [9.17, 15) is 5.11 Å². The second-order valence-corrected chi connectivity index (χ2v) is 3.82. The summed E-state index contributed by atoms with van der Waals surface area (Å²) in [5.41, 5.74) is 0.178. The number of hydrogen-bond donors (Lipinski definition) is 1. The Labute approximate surface area is 62.8 Å².